The SMILES string of the molecule is C[C@@H](Nc1nc(N)ncc1C#N)c1nc2cccc(Cl)c2c(=O)n1-c1cc(F)cc(F)c1. The van der Waals surface area contributed by atoms with Crippen LogP contribution in [0.1, 0.15) is 24.4 Å². The second-order valence-electron chi connectivity index (χ2n) is 6.84. The van der Waals surface area contributed by atoms with Gasteiger partial charge in [-0.05, 0) is 31.2 Å². The van der Waals surface area contributed by atoms with Gasteiger partial charge in [-0.15, -0.1) is 0 Å². The number of hydrogen-bond donors (Lipinski definition) is 2. The van der Waals surface area contributed by atoms with Crippen LogP contribution >= 0.6 is 11.6 Å². The van der Waals surface area contributed by atoms with Crippen LogP contribution in [0.25, 0.3) is 16.6 Å². The van der Waals surface area contributed by atoms with Gasteiger partial charge in [-0.25, -0.2) is 18.7 Å². The first-order valence-electron chi connectivity index (χ1n) is 9.25. The van der Waals surface area contributed by atoms with Gasteiger partial charge in [0.1, 0.15) is 34.9 Å². The number of benzene rings is 2. The Morgan fingerprint density at radius 3 is 2.62 bits per heavy atom. The van der Waals surface area contributed by atoms with Crippen LogP contribution in [0.15, 0.2) is 47.4 Å². The number of fused-ring (bicyclic) bond motifs is 1. The molecule has 4 aromatic rings. The number of aromatic nitrogens is 4. The quantitative estimate of drug-likeness (QED) is 0.482. The fourth-order valence-electron chi connectivity index (χ4n) is 3.27. The number of nitrogens with two attached hydrogens (primary N) is 1. The maximum absolute atomic E-state index is 14.0. The number of nitrogens with zero attached hydrogens (tertiary/aromatic N) is 5. The van der Waals surface area contributed by atoms with Crippen molar-refractivity contribution in [2.45, 2.75) is 13.0 Å². The van der Waals surface area contributed by atoms with Crippen molar-refractivity contribution < 1.29 is 8.78 Å². The summed E-state index contributed by atoms with van der Waals surface area (Å²) in [5.41, 5.74) is 5.34. The molecule has 2 aromatic heterocycles. The molecule has 0 spiro atoms. The highest BCUT2D eigenvalue weighted by Gasteiger charge is 2.21. The Hall–Kier alpha value is -4.10. The maximum Gasteiger partial charge on any atom is 0.267 e. The van der Waals surface area contributed by atoms with E-state index >= 15 is 0 Å². The number of nitrogen functional groups attached to an aromatic ring is 1. The summed E-state index contributed by atoms with van der Waals surface area (Å²) in [6.07, 6.45) is 1.25. The highest BCUT2D eigenvalue weighted by Crippen LogP contribution is 2.26. The average molecular weight is 454 g/mol. The molecule has 1 atom stereocenters. The van der Waals surface area contributed by atoms with E-state index in [1.807, 2.05) is 6.07 Å². The molecule has 0 saturated heterocycles. The van der Waals surface area contributed by atoms with E-state index in [0.29, 0.717) is 11.6 Å². The third-order valence-corrected chi connectivity index (χ3v) is 4.96. The van der Waals surface area contributed by atoms with Gasteiger partial charge in [0.25, 0.3) is 5.56 Å². The van der Waals surface area contributed by atoms with Gasteiger partial charge < -0.3 is 11.1 Å². The van der Waals surface area contributed by atoms with Crippen molar-refractivity contribution in [3.8, 4) is 11.8 Å². The third-order valence-electron chi connectivity index (χ3n) is 4.65. The number of nitriles is 1. The first-order chi connectivity index (χ1) is 15.3. The molecular weight excluding hydrogens is 440 g/mol. The summed E-state index contributed by atoms with van der Waals surface area (Å²) in [5.74, 6) is -1.58. The summed E-state index contributed by atoms with van der Waals surface area (Å²) in [5, 5.41) is 12.5. The lowest BCUT2D eigenvalue weighted by atomic mass is 10.2. The van der Waals surface area contributed by atoms with Gasteiger partial charge >= 0.3 is 0 Å². The standard InChI is InChI=1S/C21H14ClF2N7O/c1-10(28-18-11(8-25)9-27-21(26)30-18)19-29-16-4-2-3-15(22)17(16)20(32)31(19)14-6-12(23)5-13(24)7-14/h2-7,9-10H,1H3,(H3,26,27,28,30)/t10-/m1/s1. The van der Waals surface area contributed by atoms with Crippen LogP contribution in [0.4, 0.5) is 20.5 Å². The zero-order valence-electron chi connectivity index (χ0n) is 16.5. The molecule has 0 aliphatic heterocycles. The number of nitrogens with one attached hydrogen (secondary N) is 1. The van der Waals surface area contributed by atoms with Crippen LogP contribution in [-0.4, -0.2) is 19.5 Å². The fourth-order valence-corrected chi connectivity index (χ4v) is 3.52. The topological polar surface area (TPSA) is 123 Å². The zero-order valence-corrected chi connectivity index (χ0v) is 17.2. The summed E-state index contributed by atoms with van der Waals surface area (Å²) >= 11 is 6.22. The molecule has 0 unspecified atom stereocenters. The van der Waals surface area contributed by atoms with Crippen molar-refractivity contribution in [2.24, 2.45) is 0 Å². The molecule has 0 saturated carbocycles. The fraction of sp³-hybridized carbons (Fsp3) is 0.0952. The monoisotopic (exact) mass is 453 g/mol. The van der Waals surface area contributed by atoms with Crippen LogP contribution in [-0.2, 0) is 0 Å². The molecule has 0 bridgehead atoms. The number of halogens is 3. The lowest BCUT2D eigenvalue weighted by Gasteiger charge is -2.21. The average Bonchev–Trinajstić information content (AvgIpc) is 2.73. The van der Waals surface area contributed by atoms with E-state index in [1.54, 1.807) is 19.1 Å². The molecule has 2 heterocycles. The van der Waals surface area contributed by atoms with E-state index in [9.17, 15) is 18.8 Å². The van der Waals surface area contributed by atoms with Gasteiger partial charge in [-0.2, -0.15) is 10.2 Å². The van der Waals surface area contributed by atoms with E-state index in [-0.39, 0.29) is 39.3 Å². The minimum atomic E-state index is -0.868. The van der Waals surface area contributed by atoms with E-state index in [4.69, 9.17) is 17.3 Å². The molecule has 160 valence electrons. The van der Waals surface area contributed by atoms with Crippen molar-refractivity contribution >= 4 is 34.3 Å². The Morgan fingerprint density at radius 1 is 1.22 bits per heavy atom. The molecular formula is C21H14ClF2N7O. The minimum Gasteiger partial charge on any atom is -0.368 e. The lowest BCUT2D eigenvalue weighted by Crippen LogP contribution is -2.28. The molecule has 0 aliphatic rings. The van der Waals surface area contributed by atoms with Gasteiger partial charge in [0.05, 0.1) is 33.9 Å². The van der Waals surface area contributed by atoms with E-state index in [2.05, 4.69) is 20.3 Å². The molecule has 0 radical (unpaired) electrons. The summed E-state index contributed by atoms with van der Waals surface area (Å²) in [7, 11) is 0. The number of hydrogen-bond acceptors (Lipinski definition) is 7. The predicted octanol–water partition coefficient (Wildman–Crippen LogP) is 3.73. The van der Waals surface area contributed by atoms with Gasteiger partial charge in [0, 0.05) is 6.07 Å². The Balaban J connectivity index is 1.97. The largest absolute Gasteiger partial charge is 0.368 e. The third kappa shape index (κ3) is 3.81. The van der Waals surface area contributed by atoms with E-state index in [1.165, 1.54) is 12.3 Å². The van der Waals surface area contributed by atoms with Crippen molar-refractivity contribution in [1.29, 1.82) is 5.26 Å². The Kier molecular flexibility index (Phi) is 5.42. The first-order valence-corrected chi connectivity index (χ1v) is 9.63. The van der Waals surface area contributed by atoms with Crippen molar-refractivity contribution in [1.82, 2.24) is 19.5 Å². The second-order valence-corrected chi connectivity index (χ2v) is 7.25. The molecule has 4 rings (SSSR count). The molecule has 2 aromatic carbocycles. The smallest absolute Gasteiger partial charge is 0.267 e. The lowest BCUT2D eigenvalue weighted by molar-refractivity contribution is 0.579. The Bertz CT molecular complexity index is 1450. The number of rotatable bonds is 4. The molecule has 32 heavy (non-hydrogen) atoms. The van der Waals surface area contributed by atoms with Crippen molar-refractivity contribution in [3.05, 3.63) is 81.0 Å². The Labute approximate surface area is 184 Å². The van der Waals surface area contributed by atoms with Gasteiger partial charge in [0.2, 0.25) is 5.95 Å². The van der Waals surface area contributed by atoms with Crippen LogP contribution in [0, 0.1) is 23.0 Å². The summed E-state index contributed by atoms with van der Waals surface area (Å²) in [4.78, 5) is 25.7. The molecule has 0 fully saturated rings. The summed E-state index contributed by atoms with van der Waals surface area (Å²) in [6.45, 7) is 1.64. The molecule has 8 nitrogen and oxygen atoms in total. The zero-order chi connectivity index (χ0) is 23.0. The normalized spacial score (nSPS) is 11.8. The highest BCUT2D eigenvalue weighted by molar-refractivity contribution is 6.35. The predicted molar refractivity (Wildman–Crippen MR) is 115 cm³/mol. The second kappa shape index (κ2) is 8.20. The molecule has 0 amide bonds. The van der Waals surface area contributed by atoms with Crippen molar-refractivity contribution in [3.63, 3.8) is 0 Å². The molecule has 11 heteroatoms. The summed E-state index contributed by atoms with van der Waals surface area (Å²) in [6, 6.07) is 8.65. The van der Waals surface area contributed by atoms with Crippen LogP contribution in [0.2, 0.25) is 5.02 Å². The van der Waals surface area contributed by atoms with Crippen LogP contribution in [0.5, 0.6) is 0 Å². The van der Waals surface area contributed by atoms with E-state index in [0.717, 1.165) is 16.7 Å². The first kappa shape index (κ1) is 21.1. The minimum absolute atomic E-state index is 0.0680. The van der Waals surface area contributed by atoms with Gasteiger partial charge in [-0.1, -0.05) is 17.7 Å². The highest BCUT2D eigenvalue weighted by atomic mass is 35.5. The van der Waals surface area contributed by atoms with E-state index < -0.39 is 23.2 Å². The van der Waals surface area contributed by atoms with Crippen LogP contribution < -0.4 is 16.6 Å². The Morgan fingerprint density at radius 2 is 1.94 bits per heavy atom. The summed E-state index contributed by atoms with van der Waals surface area (Å²) < 4.78 is 29.0. The van der Waals surface area contributed by atoms with Crippen LogP contribution in [0.3, 0.4) is 0 Å². The van der Waals surface area contributed by atoms with Gasteiger partial charge in [0.15, 0.2) is 0 Å². The number of anilines is 2. The maximum atomic E-state index is 14.0. The van der Waals surface area contributed by atoms with Gasteiger partial charge in [-0.3, -0.25) is 9.36 Å². The van der Waals surface area contributed by atoms with Crippen molar-refractivity contribution in [2.75, 3.05) is 11.1 Å². The molecule has 0 aliphatic carbocycles. The molecule has 3 N–H and O–H groups in total.